The summed E-state index contributed by atoms with van der Waals surface area (Å²) in [5, 5.41) is 17.7. The maximum Gasteiger partial charge on any atom is 0.123 e. The van der Waals surface area contributed by atoms with E-state index in [0.717, 1.165) is 21.1 Å². The maximum atomic E-state index is 9.03. The molecule has 0 amide bonds. The monoisotopic (exact) mass is 288 g/mol. The number of aliphatic hydroxyl groups is 2. The van der Waals surface area contributed by atoms with Gasteiger partial charge in [-0.05, 0) is 30.2 Å². The van der Waals surface area contributed by atoms with Crippen molar-refractivity contribution in [1.29, 1.82) is 0 Å². The van der Waals surface area contributed by atoms with Gasteiger partial charge in [-0.2, -0.15) is 0 Å². The molecule has 0 aliphatic carbocycles. The average Bonchev–Trinajstić information content (AvgIpc) is 2.92. The summed E-state index contributed by atoms with van der Waals surface area (Å²) < 4.78 is 5.80. The number of hydrogen-bond donors (Lipinski definition) is 2. The molecular weight excluding hydrogens is 272 g/mol. The van der Waals surface area contributed by atoms with Crippen molar-refractivity contribution in [3.63, 3.8) is 0 Å². The molecule has 0 aliphatic rings. The number of rotatable bonds is 5. The summed E-state index contributed by atoms with van der Waals surface area (Å²) in [6.45, 7) is 0.465. The first kappa shape index (κ1) is 14.6. The van der Waals surface area contributed by atoms with Crippen molar-refractivity contribution in [1.82, 2.24) is 0 Å². The predicted octanol–water partition coefficient (Wildman–Crippen LogP) is 2.21. The van der Waals surface area contributed by atoms with Crippen LogP contribution in [0.4, 0.5) is 0 Å². The molecule has 1 aromatic carbocycles. The van der Waals surface area contributed by atoms with E-state index in [9.17, 15) is 0 Å². The van der Waals surface area contributed by atoms with Crippen LogP contribution in [0.1, 0.15) is 15.3 Å². The third-order valence-corrected chi connectivity index (χ3v) is 3.65. The van der Waals surface area contributed by atoms with Crippen molar-refractivity contribution < 1.29 is 14.9 Å². The molecule has 3 nitrogen and oxygen atoms in total. The summed E-state index contributed by atoms with van der Waals surface area (Å²) in [5.74, 6) is 6.30. The molecule has 4 heteroatoms. The zero-order chi connectivity index (χ0) is 14.2. The summed E-state index contributed by atoms with van der Waals surface area (Å²) >= 11 is 1.55. The molecule has 0 unspecified atom stereocenters. The fourth-order valence-corrected chi connectivity index (χ4v) is 2.57. The van der Waals surface area contributed by atoms with Crippen molar-refractivity contribution in [2.45, 2.75) is 13.0 Å². The second-order valence-corrected chi connectivity index (χ2v) is 5.26. The van der Waals surface area contributed by atoms with Crippen LogP contribution in [0.25, 0.3) is 0 Å². The number of ether oxygens (including phenoxy) is 1. The van der Waals surface area contributed by atoms with Gasteiger partial charge >= 0.3 is 0 Å². The smallest absolute Gasteiger partial charge is 0.123 e. The van der Waals surface area contributed by atoms with Gasteiger partial charge in [-0.25, -0.2) is 0 Å². The Morgan fingerprint density at radius 1 is 1.10 bits per heavy atom. The molecule has 0 bridgehead atoms. The standard InChI is InChI=1S/C16H16O3S/c17-10-3-5-14-7-8-15(20-14)12-19-16-6-2-1-4-13(16)9-11-18/h1-2,4,6-8,17-18H,9-12H2. The first-order chi connectivity index (χ1) is 9.83. The minimum Gasteiger partial charge on any atom is -0.488 e. The maximum absolute atomic E-state index is 9.03. The number of benzene rings is 1. The molecule has 0 saturated heterocycles. The molecule has 2 N–H and O–H groups in total. The fraction of sp³-hybridized carbons (Fsp3) is 0.250. The van der Waals surface area contributed by atoms with Gasteiger partial charge in [0.05, 0.1) is 4.88 Å². The second-order valence-electron chi connectivity index (χ2n) is 4.10. The molecule has 0 spiro atoms. The average molecular weight is 288 g/mol. The van der Waals surface area contributed by atoms with E-state index >= 15 is 0 Å². The molecule has 0 atom stereocenters. The Labute approximate surface area is 122 Å². The quantitative estimate of drug-likeness (QED) is 0.829. The first-order valence-electron chi connectivity index (χ1n) is 6.33. The lowest BCUT2D eigenvalue weighted by atomic mass is 10.1. The van der Waals surface area contributed by atoms with Crippen LogP contribution >= 0.6 is 11.3 Å². The first-order valence-corrected chi connectivity index (χ1v) is 7.15. The zero-order valence-electron chi connectivity index (χ0n) is 11.0. The van der Waals surface area contributed by atoms with Gasteiger partial charge in [0.25, 0.3) is 0 Å². The molecule has 0 fully saturated rings. The summed E-state index contributed by atoms with van der Waals surface area (Å²) in [5.41, 5.74) is 1.01. The minimum absolute atomic E-state index is 0.111. The van der Waals surface area contributed by atoms with Crippen LogP contribution in [0, 0.1) is 11.8 Å². The normalized spacial score (nSPS) is 9.90. The van der Waals surface area contributed by atoms with E-state index in [4.69, 9.17) is 14.9 Å². The lowest BCUT2D eigenvalue weighted by Gasteiger charge is -2.09. The van der Waals surface area contributed by atoms with Crippen LogP contribution in [-0.2, 0) is 13.0 Å². The van der Waals surface area contributed by atoms with E-state index in [2.05, 4.69) is 11.8 Å². The Bertz CT molecular complexity index is 607. The molecule has 0 radical (unpaired) electrons. The molecule has 104 valence electrons. The number of aliphatic hydroxyl groups excluding tert-OH is 2. The molecule has 0 aliphatic heterocycles. The lowest BCUT2D eigenvalue weighted by molar-refractivity contribution is 0.285. The van der Waals surface area contributed by atoms with Gasteiger partial charge in [0.15, 0.2) is 0 Å². The highest BCUT2D eigenvalue weighted by Gasteiger charge is 2.04. The largest absolute Gasteiger partial charge is 0.488 e. The summed E-state index contributed by atoms with van der Waals surface area (Å²) in [6.07, 6.45) is 0.591. The molecule has 1 aromatic heterocycles. The highest BCUT2D eigenvalue weighted by molar-refractivity contribution is 7.12. The third kappa shape index (κ3) is 4.10. The van der Waals surface area contributed by atoms with Crippen molar-refractivity contribution in [2.75, 3.05) is 13.2 Å². The predicted molar refractivity (Wildman–Crippen MR) is 79.8 cm³/mol. The molecule has 1 heterocycles. The van der Waals surface area contributed by atoms with E-state index in [1.807, 2.05) is 36.4 Å². The second kappa shape index (κ2) is 7.71. The number of hydrogen-bond acceptors (Lipinski definition) is 4. The van der Waals surface area contributed by atoms with Gasteiger partial charge in [0.1, 0.15) is 19.0 Å². The van der Waals surface area contributed by atoms with Crippen LogP contribution in [0.15, 0.2) is 36.4 Å². The van der Waals surface area contributed by atoms with Gasteiger partial charge in [0, 0.05) is 11.5 Å². The van der Waals surface area contributed by atoms with Crippen molar-refractivity contribution in [3.05, 3.63) is 51.7 Å². The highest BCUT2D eigenvalue weighted by Crippen LogP contribution is 2.22. The SMILES string of the molecule is OCC#Cc1ccc(COc2ccccc2CCO)s1. The topological polar surface area (TPSA) is 49.7 Å². The third-order valence-electron chi connectivity index (χ3n) is 2.68. The van der Waals surface area contributed by atoms with Crippen molar-refractivity contribution in [3.8, 4) is 17.6 Å². The fourth-order valence-electron chi connectivity index (χ4n) is 1.77. The van der Waals surface area contributed by atoms with E-state index in [-0.39, 0.29) is 13.2 Å². The van der Waals surface area contributed by atoms with Crippen LogP contribution in [0.2, 0.25) is 0 Å². The van der Waals surface area contributed by atoms with E-state index in [1.165, 1.54) is 0 Å². The van der Waals surface area contributed by atoms with Gasteiger partial charge in [-0.3, -0.25) is 0 Å². The van der Waals surface area contributed by atoms with E-state index < -0.39 is 0 Å². The van der Waals surface area contributed by atoms with Crippen LogP contribution in [-0.4, -0.2) is 23.4 Å². The van der Waals surface area contributed by atoms with Crippen molar-refractivity contribution in [2.24, 2.45) is 0 Å². The molecule has 2 rings (SSSR count). The number of para-hydroxylation sites is 1. The van der Waals surface area contributed by atoms with Gasteiger partial charge in [-0.1, -0.05) is 30.0 Å². The Morgan fingerprint density at radius 3 is 2.75 bits per heavy atom. The Hall–Kier alpha value is -1.80. The van der Waals surface area contributed by atoms with Crippen LogP contribution < -0.4 is 4.74 Å². The van der Waals surface area contributed by atoms with Gasteiger partial charge in [-0.15, -0.1) is 11.3 Å². The van der Waals surface area contributed by atoms with Gasteiger partial charge in [0.2, 0.25) is 0 Å². The minimum atomic E-state index is -0.127. The Morgan fingerprint density at radius 2 is 1.95 bits per heavy atom. The summed E-state index contributed by atoms with van der Waals surface area (Å²) in [4.78, 5) is 1.99. The van der Waals surface area contributed by atoms with Crippen LogP contribution in [0.5, 0.6) is 5.75 Å². The Kier molecular flexibility index (Phi) is 5.63. The lowest BCUT2D eigenvalue weighted by Crippen LogP contribution is -1.98. The zero-order valence-corrected chi connectivity index (χ0v) is 11.8. The number of thiophene rings is 1. The van der Waals surface area contributed by atoms with Crippen molar-refractivity contribution >= 4 is 11.3 Å². The van der Waals surface area contributed by atoms with Crippen LogP contribution in [0.3, 0.4) is 0 Å². The summed E-state index contributed by atoms with van der Waals surface area (Å²) in [7, 11) is 0. The van der Waals surface area contributed by atoms with E-state index in [1.54, 1.807) is 11.3 Å². The summed E-state index contributed by atoms with van der Waals surface area (Å²) in [6, 6.07) is 11.6. The molecule has 0 saturated carbocycles. The molecule has 2 aromatic rings. The van der Waals surface area contributed by atoms with E-state index in [0.29, 0.717) is 13.0 Å². The van der Waals surface area contributed by atoms with Gasteiger partial charge < -0.3 is 14.9 Å². The molecule has 20 heavy (non-hydrogen) atoms. The highest BCUT2D eigenvalue weighted by atomic mass is 32.1. The molecular formula is C16H16O3S. The Balaban J connectivity index is 2.00.